The standard InChI is InChI=1S/C13H26.C12H24.3C11H22.C10H20/c1-9-7-10(2)12(11(3)8-9)13(4,5)6;1-9-7-6-8-10(2)11(9)12(3,4)5;1-9-5-7-10(8-6-9)11(2,3)4;1-9-6-5-7-10(8-9)11(2,3)4;1-9-7-5-6-8-10(9)11(2,3)4;1-10(2,3)9-7-5-4-6-8-9/h9-12H,7-8H2,1-6H3;9-11H,6-8H2,1-5H3;3*9-10H,5-8H2,1-4H3;9H,4-8H2,1-3H3. The van der Waals surface area contributed by atoms with Crippen LogP contribution in [0.2, 0.25) is 0 Å². The van der Waals surface area contributed by atoms with Crippen molar-refractivity contribution in [2.24, 2.45) is 115 Å². The summed E-state index contributed by atoms with van der Waals surface area (Å²) in [5.41, 5.74) is 3.23. The van der Waals surface area contributed by atoms with E-state index in [1.807, 2.05) is 0 Å². The molecule has 0 bridgehead atoms. The van der Waals surface area contributed by atoms with Gasteiger partial charge in [0.15, 0.2) is 0 Å². The van der Waals surface area contributed by atoms with Crippen molar-refractivity contribution in [3.63, 3.8) is 0 Å². The fourth-order valence-corrected chi connectivity index (χ4v) is 16.2. The maximum Gasteiger partial charge on any atom is -0.0314 e. The summed E-state index contributed by atoms with van der Waals surface area (Å²) in [7, 11) is 0. The monoisotopic (exact) mass is 953 g/mol. The molecular weight excluding hydrogens is 817 g/mol. The van der Waals surface area contributed by atoms with E-state index >= 15 is 0 Å². The molecular formula is C68H136. The minimum atomic E-state index is 0.499. The molecule has 408 valence electrons. The Kier molecular flexibility index (Phi) is 28.3. The molecule has 0 aromatic carbocycles. The van der Waals surface area contributed by atoms with Gasteiger partial charge in [-0.1, -0.05) is 263 Å². The lowest BCUT2D eigenvalue weighted by Gasteiger charge is -2.45. The van der Waals surface area contributed by atoms with Crippen LogP contribution in [0.1, 0.15) is 321 Å². The van der Waals surface area contributed by atoms with Crippen LogP contribution in [-0.4, -0.2) is 0 Å². The Labute approximate surface area is 434 Å². The van der Waals surface area contributed by atoms with Crippen LogP contribution in [0.25, 0.3) is 0 Å². The number of rotatable bonds is 0. The lowest BCUT2D eigenvalue weighted by atomic mass is 9.60. The lowest BCUT2D eigenvalue weighted by Crippen LogP contribution is -2.37. The predicted molar refractivity (Wildman–Crippen MR) is 313 cm³/mol. The normalized spacial score (nSPS) is 34.6. The van der Waals surface area contributed by atoms with E-state index in [0.717, 1.165) is 82.9 Å². The molecule has 6 aliphatic carbocycles. The van der Waals surface area contributed by atoms with Crippen LogP contribution >= 0.6 is 0 Å². The third-order valence-corrected chi connectivity index (χ3v) is 19.8. The smallest absolute Gasteiger partial charge is 0.0314 e. The average molecular weight is 954 g/mol. The molecule has 8 unspecified atom stereocenters. The molecule has 6 aliphatic rings. The van der Waals surface area contributed by atoms with Crippen molar-refractivity contribution in [2.45, 2.75) is 321 Å². The highest BCUT2D eigenvalue weighted by molar-refractivity contribution is 4.89. The van der Waals surface area contributed by atoms with Gasteiger partial charge in [-0.15, -0.1) is 0 Å². The van der Waals surface area contributed by atoms with Crippen LogP contribution in [0.4, 0.5) is 0 Å². The quantitative estimate of drug-likeness (QED) is 0.227. The first-order valence-corrected chi connectivity index (χ1v) is 30.9. The van der Waals surface area contributed by atoms with Gasteiger partial charge in [0.05, 0.1) is 0 Å². The Morgan fingerprint density at radius 2 is 0.574 bits per heavy atom. The predicted octanol–water partition coefficient (Wildman–Crippen LogP) is 23.6. The van der Waals surface area contributed by atoms with Gasteiger partial charge in [0.2, 0.25) is 0 Å². The Balaban J connectivity index is 0.000000409. The molecule has 0 amide bonds. The van der Waals surface area contributed by atoms with Crippen LogP contribution in [0.15, 0.2) is 0 Å². The highest BCUT2D eigenvalue weighted by Crippen LogP contribution is 2.48. The van der Waals surface area contributed by atoms with Crippen LogP contribution in [0, 0.1) is 115 Å². The van der Waals surface area contributed by atoms with Gasteiger partial charge in [-0.2, -0.15) is 0 Å². The van der Waals surface area contributed by atoms with Gasteiger partial charge >= 0.3 is 0 Å². The highest BCUT2D eigenvalue weighted by Gasteiger charge is 2.39. The molecule has 0 aliphatic heterocycles. The Morgan fingerprint density at radius 1 is 0.221 bits per heavy atom. The molecule has 0 radical (unpaired) electrons. The van der Waals surface area contributed by atoms with Crippen molar-refractivity contribution in [2.75, 3.05) is 0 Å². The van der Waals surface area contributed by atoms with Gasteiger partial charge < -0.3 is 0 Å². The van der Waals surface area contributed by atoms with E-state index in [4.69, 9.17) is 0 Å². The second-order valence-corrected chi connectivity index (χ2v) is 32.8. The fraction of sp³-hybridized carbons (Fsp3) is 1.00. The Hall–Kier alpha value is 0. The maximum atomic E-state index is 2.45. The van der Waals surface area contributed by atoms with Crippen LogP contribution in [0.5, 0.6) is 0 Å². The average Bonchev–Trinajstić information content (AvgIpc) is 3.17. The van der Waals surface area contributed by atoms with Gasteiger partial charge in [0.1, 0.15) is 0 Å². The molecule has 0 aromatic rings. The van der Waals surface area contributed by atoms with Crippen molar-refractivity contribution >= 4 is 0 Å². The van der Waals surface area contributed by atoms with Crippen molar-refractivity contribution in [3.8, 4) is 0 Å². The number of hydrogen-bond donors (Lipinski definition) is 0. The largest absolute Gasteiger partial charge is 0.0625 e. The topological polar surface area (TPSA) is 0 Å². The molecule has 0 spiro atoms. The third kappa shape index (κ3) is 25.3. The zero-order valence-corrected chi connectivity index (χ0v) is 52.6. The van der Waals surface area contributed by atoms with E-state index in [-0.39, 0.29) is 0 Å². The highest BCUT2D eigenvalue weighted by atomic mass is 14.4. The zero-order chi connectivity index (χ0) is 52.6. The van der Waals surface area contributed by atoms with Gasteiger partial charge in [-0.25, -0.2) is 0 Å². The van der Waals surface area contributed by atoms with Crippen LogP contribution in [0.3, 0.4) is 0 Å². The van der Waals surface area contributed by atoms with Gasteiger partial charge in [0.25, 0.3) is 0 Å². The molecule has 0 saturated heterocycles. The lowest BCUT2D eigenvalue weighted by molar-refractivity contribution is 0.0425. The van der Waals surface area contributed by atoms with E-state index < -0.39 is 0 Å². The molecule has 6 fully saturated rings. The summed E-state index contributed by atoms with van der Waals surface area (Å²) in [6.07, 6.45) is 32.2. The fourth-order valence-electron chi connectivity index (χ4n) is 16.2. The molecule has 0 nitrogen and oxygen atoms in total. The molecule has 6 rings (SSSR count). The van der Waals surface area contributed by atoms with E-state index in [0.29, 0.717) is 32.5 Å². The number of hydrogen-bond acceptors (Lipinski definition) is 0. The molecule has 0 heterocycles. The molecule has 68 heavy (non-hydrogen) atoms. The molecule has 0 N–H and O–H groups in total. The molecule has 0 aromatic heterocycles. The minimum Gasteiger partial charge on any atom is -0.0625 e. The SMILES string of the molecule is CC(C)(C)C1CCCCC1.CC1CC(C)C(C(C)(C)C)C(C)C1.CC1CCC(C(C)(C)C)CC1.CC1CCCC(C(C)(C)C)C1.CC1CCCC(C)C1C(C)(C)C.CC1CCCCC1C(C)(C)C. The summed E-state index contributed by atoms with van der Waals surface area (Å²) in [6.45, 7) is 62.4. The second kappa shape index (κ2) is 29.2. The Bertz CT molecular complexity index is 1240. The zero-order valence-electron chi connectivity index (χ0n) is 52.6. The van der Waals surface area contributed by atoms with E-state index in [9.17, 15) is 0 Å². The van der Waals surface area contributed by atoms with Crippen molar-refractivity contribution in [1.82, 2.24) is 0 Å². The summed E-state index contributed by atoms with van der Waals surface area (Å²) < 4.78 is 0. The Morgan fingerprint density at radius 3 is 0.897 bits per heavy atom. The van der Waals surface area contributed by atoms with Crippen molar-refractivity contribution in [3.05, 3.63) is 0 Å². The first-order valence-electron chi connectivity index (χ1n) is 30.9. The molecule has 0 heteroatoms. The van der Waals surface area contributed by atoms with Gasteiger partial charge in [-0.3, -0.25) is 0 Å². The summed E-state index contributed by atoms with van der Waals surface area (Å²) in [4.78, 5) is 0. The van der Waals surface area contributed by atoms with Crippen molar-refractivity contribution < 1.29 is 0 Å². The first-order chi connectivity index (χ1) is 30.9. The third-order valence-electron chi connectivity index (χ3n) is 19.8. The molecule has 8 atom stereocenters. The van der Waals surface area contributed by atoms with E-state index in [1.165, 1.54) is 141 Å². The van der Waals surface area contributed by atoms with Crippen molar-refractivity contribution in [1.29, 1.82) is 0 Å². The summed E-state index contributed by atoms with van der Waals surface area (Å²) >= 11 is 0. The summed E-state index contributed by atoms with van der Waals surface area (Å²) in [5.74, 6) is 13.4. The summed E-state index contributed by atoms with van der Waals surface area (Å²) in [5, 5.41) is 0. The maximum absolute atomic E-state index is 2.45. The first kappa shape index (κ1) is 66.0. The summed E-state index contributed by atoms with van der Waals surface area (Å²) in [6, 6.07) is 0. The second-order valence-electron chi connectivity index (χ2n) is 32.8. The van der Waals surface area contributed by atoms with Crippen LogP contribution < -0.4 is 0 Å². The van der Waals surface area contributed by atoms with Gasteiger partial charge in [0, 0.05) is 0 Å². The minimum absolute atomic E-state index is 0.499. The van der Waals surface area contributed by atoms with Crippen LogP contribution in [-0.2, 0) is 0 Å². The van der Waals surface area contributed by atoms with Gasteiger partial charge in [-0.05, 0) is 173 Å². The van der Waals surface area contributed by atoms with E-state index in [2.05, 4.69) is 180 Å². The van der Waals surface area contributed by atoms with E-state index in [1.54, 1.807) is 0 Å². The molecule has 6 saturated carbocycles.